The molecule has 1 heterocycles. The van der Waals surface area contributed by atoms with Crippen molar-refractivity contribution in [2.75, 3.05) is 5.32 Å². The summed E-state index contributed by atoms with van der Waals surface area (Å²) in [5, 5.41) is 11.6. The third kappa shape index (κ3) is 5.81. The number of anilines is 1. The van der Waals surface area contributed by atoms with E-state index < -0.39 is 6.10 Å². The molecular weight excluding hydrogens is 390 g/mol. The average Bonchev–Trinajstić information content (AvgIpc) is 3.11. The quantitative estimate of drug-likeness (QED) is 0.404. The second-order valence-corrected chi connectivity index (χ2v) is 8.67. The Morgan fingerprint density at radius 1 is 1.14 bits per heavy atom. The van der Waals surface area contributed by atoms with Crippen molar-refractivity contribution >= 4 is 34.1 Å². The predicted octanol–water partition coefficient (Wildman–Crippen LogP) is 5.24. The first-order chi connectivity index (χ1) is 13.5. The maximum atomic E-state index is 12.6. The molecule has 5 nitrogen and oxygen atoms in total. The van der Waals surface area contributed by atoms with Gasteiger partial charge in [-0.15, -0.1) is 10.2 Å². The number of amides is 1. The number of benzene rings is 2. The van der Waals surface area contributed by atoms with E-state index in [2.05, 4.69) is 33.7 Å². The van der Waals surface area contributed by atoms with Crippen LogP contribution in [0.4, 0.5) is 5.13 Å². The van der Waals surface area contributed by atoms with E-state index in [1.807, 2.05) is 51.1 Å². The summed E-state index contributed by atoms with van der Waals surface area (Å²) in [5.41, 5.74) is 3.44. The summed E-state index contributed by atoms with van der Waals surface area (Å²) in [4.78, 5) is 12.6. The number of ether oxygens (including phenoxy) is 1. The van der Waals surface area contributed by atoms with Gasteiger partial charge in [0.2, 0.25) is 5.13 Å². The van der Waals surface area contributed by atoms with Crippen LogP contribution in [0.1, 0.15) is 30.0 Å². The molecule has 0 spiro atoms. The Morgan fingerprint density at radius 2 is 1.86 bits per heavy atom. The fourth-order valence-electron chi connectivity index (χ4n) is 2.71. The largest absolute Gasteiger partial charge is 0.481 e. The van der Waals surface area contributed by atoms with Gasteiger partial charge in [0.25, 0.3) is 5.91 Å². The Morgan fingerprint density at radius 3 is 2.54 bits per heavy atom. The molecular formula is C21H23N3O2S2. The number of nitrogens with zero attached hydrogens (tertiary/aromatic N) is 2. The van der Waals surface area contributed by atoms with Crippen LogP contribution in [0.2, 0.25) is 0 Å². The van der Waals surface area contributed by atoms with Crippen LogP contribution in [0.3, 0.4) is 0 Å². The number of hydrogen-bond donors (Lipinski definition) is 1. The normalized spacial score (nSPS) is 11.8. The zero-order chi connectivity index (χ0) is 19.9. The highest BCUT2D eigenvalue weighted by molar-refractivity contribution is 8.00. The van der Waals surface area contributed by atoms with Crippen LogP contribution in [0.25, 0.3) is 0 Å². The Bertz CT molecular complexity index is 908. The standard InChI is InChI=1S/C21H23N3O2S2/c1-4-18(26-17-11-14(2)10-15(3)12-17)19(25)22-20-23-24-21(28-20)27-13-16-8-6-5-7-9-16/h5-12,18H,4,13H2,1-3H3,(H,22,23,25). The molecule has 7 heteroatoms. The van der Waals surface area contributed by atoms with Gasteiger partial charge < -0.3 is 4.74 Å². The van der Waals surface area contributed by atoms with Crippen LogP contribution >= 0.6 is 23.1 Å². The lowest BCUT2D eigenvalue weighted by molar-refractivity contribution is -0.122. The van der Waals surface area contributed by atoms with Gasteiger partial charge in [-0.05, 0) is 49.1 Å². The van der Waals surface area contributed by atoms with E-state index in [0.717, 1.165) is 21.2 Å². The second-order valence-electron chi connectivity index (χ2n) is 6.47. The molecule has 2 aromatic carbocycles. The molecule has 0 radical (unpaired) electrons. The van der Waals surface area contributed by atoms with Crippen LogP contribution < -0.4 is 10.1 Å². The number of nitrogens with one attached hydrogen (secondary N) is 1. The number of rotatable bonds is 8. The average molecular weight is 414 g/mol. The third-order valence-corrected chi connectivity index (χ3v) is 6.02. The molecule has 0 aliphatic carbocycles. The maximum Gasteiger partial charge on any atom is 0.267 e. The molecule has 0 aliphatic heterocycles. The summed E-state index contributed by atoms with van der Waals surface area (Å²) >= 11 is 2.98. The first-order valence-corrected chi connectivity index (χ1v) is 10.9. The van der Waals surface area contributed by atoms with Crippen molar-refractivity contribution in [3.63, 3.8) is 0 Å². The smallest absolute Gasteiger partial charge is 0.267 e. The van der Waals surface area contributed by atoms with Crippen LogP contribution in [-0.2, 0) is 10.5 Å². The minimum absolute atomic E-state index is 0.211. The van der Waals surface area contributed by atoms with Gasteiger partial charge in [0.15, 0.2) is 10.4 Å². The van der Waals surface area contributed by atoms with E-state index in [4.69, 9.17) is 4.74 Å². The number of carbonyl (C=O) groups is 1. The summed E-state index contributed by atoms with van der Waals surface area (Å²) in [6.07, 6.45) is -0.0155. The Labute approximate surface area is 173 Å². The summed E-state index contributed by atoms with van der Waals surface area (Å²) in [5.74, 6) is 1.31. The summed E-state index contributed by atoms with van der Waals surface area (Å²) < 4.78 is 6.73. The van der Waals surface area contributed by atoms with Crippen molar-refractivity contribution < 1.29 is 9.53 Å². The van der Waals surface area contributed by atoms with Crippen molar-refractivity contribution in [2.45, 2.75) is 43.4 Å². The van der Waals surface area contributed by atoms with Crippen LogP contribution in [0.5, 0.6) is 5.75 Å². The van der Waals surface area contributed by atoms with Gasteiger partial charge in [0.05, 0.1) is 0 Å². The molecule has 0 saturated carbocycles. The molecule has 0 fully saturated rings. The lowest BCUT2D eigenvalue weighted by atomic mass is 10.1. The molecule has 28 heavy (non-hydrogen) atoms. The van der Waals surface area contributed by atoms with Gasteiger partial charge in [-0.1, -0.05) is 66.4 Å². The van der Waals surface area contributed by atoms with Crippen molar-refractivity contribution in [1.29, 1.82) is 0 Å². The minimum atomic E-state index is -0.578. The highest BCUT2D eigenvalue weighted by Crippen LogP contribution is 2.28. The molecule has 1 amide bonds. The van der Waals surface area contributed by atoms with Crippen molar-refractivity contribution in [1.82, 2.24) is 10.2 Å². The lowest BCUT2D eigenvalue weighted by Gasteiger charge is -2.17. The van der Waals surface area contributed by atoms with E-state index in [0.29, 0.717) is 17.3 Å². The Kier molecular flexibility index (Phi) is 7.06. The van der Waals surface area contributed by atoms with E-state index >= 15 is 0 Å². The molecule has 1 atom stereocenters. The molecule has 3 aromatic rings. The topological polar surface area (TPSA) is 64.1 Å². The molecule has 1 unspecified atom stereocenters. The van der Waals surface area contributed by atoms with Gasteiger partial charge >= 0.3 is 0 Å². The predicted molar refractivity (Wildman–Crippen MR) is 115 cm³/mol. The zero-order valence-electron chi connectivity index (χ0n) is 16.1. The van der Waals surface area contributed by atoms with E-state index in [9.17, 15) is 4.79 Å². The number of aromatic nitrogens is 2. The third-order valence-electron chi connectivity index (χ3n) is 3.98. The molecule has 3 rings (SSSR count). The number of carbonyl (C=O) groups excluding carboxylic acids is 1. The highest BCUT2D eigenvalue weighted by atomic mass is 32.2. The number of thioether (sulfide) groups is 1. The first-order valence-electron chi connectivity index (χ1n) is 9.09. The molecule has 0 aliphatic rings. The summed E-state index contributed by atoms with van der Waals surface area (Å²) in [6, 6.07) is 16.1. The fourth-order valence-corrected chi connectivity index (χ4v) is 4.42. The van der Waals surface area contributed by atoms with Crippen molar-refractivity contribution in [2.24, 2.45) is 0 Å². The summed E-state index contributed by atoms with van der Waals surface area (Å²) in [7, 11) is 0. The van der Waals surface area contributed by atoms with Crippen LogP contribution in [0.15, 0.2) is 52.9 Å². The van der Waals surface area contributed by atoms with E-state index in [1.54, 1.807) is 11.8 Å². The maximum absolute atomic E-state index is 12.6. The zero-order valence-corrected chi connectivity index (χ0v) is 17.8. The minimum Gasteiger partial charge on any atom is -0.481 e. The molecule has 0 saturated heterocycles. The van der Waals surface area contributed by atoms with Crippen molar-refractivity contribution in [3.05, 3.63) is 65.2 Å². The first kappa shape index (κ1) is 20.4. The molecule has 146 valence electrons. The summed E-state index contributed by atoms with van der Waals surface area (Å²) in [6.45, 7) is 5.95. The van der Waals surface area contributed by atoms with E-state index in [1.165, 1.54) is 16.9 Å². The van der Waals surface area contributed by atoms with Crippen molar-refractivity contribution in [3.8, 4) is 5.75 Å². The van der Waals surface area contributed by atoms with Crippen LogP contribution in [-0.4, -0.2) is 22.2 Å². The van der Waals surface area contributed by atoms with Gasteiger partial charge in [0, 0.05) is 5.75 Å². The highest BCUT2D eigenvalue weighted by Gasteiger charge is 2.20. The monoisotopic (exact) mass is 413 g/mol. The van der Waals surface area contributed by atoms with Gasteiger partial charge in [0.1, 0.15) is 5.75 Å². The molecule has 1 N–H and O–H groups in total. The second kappa shape index (κ2) is 9.71. The SMILES string of the molecule is CCC(Oc1cc(C)cc(C)c1)C(=O)Nc1nnc(SCc2ccccc2)s1. The number of aryl methyl sites for hydroxylation is 2. The number of hydrogen-bond acceptors (Lipinski definition) is 6. The Hall–Kier alpha value is -2.38. The lowest BCUT2D eigenvalue weighted by Crippen LogP contribution is -2.32. The fraction of sp³-hybridized carbons (Fsp3) is 0.286. The van der Waals surface area contributed by atoms with Gasteiger partial charge in [-0.3, -0.25) is 10.1 Å². The van der Waals surface area contributed by atoms with Gasteiger partial charge in [-0.2, -0.15) is 0 Å². The van der Waals surface area contributed by atoms with E-state index in [-0.39, 0.29) is 5.91 Å². The van der Waals surface area contributed by atoms with Crippen LogP contribution in [0, 0.1) is 13.8 Å². The van der Waals surface area contributed by atoms with Gasteiger partial charge in [-0.25, -0.2) is 0 Å². The Balaban J connectivity index is 1.57. The molecule has 1 aromatic heterocycles. The molecule has 0 bridgehead atoms.